The first-order chi connectivity index (χ1) is 12.3. The maximum absolute atomic E-state index is 13.3. The molecule has 0 aromatic carbocycles. The number of ether oxygens (including phenoxy) is 1. The maximum atomic E-state index is 13.3. The third-order valence-electron chi connectivity index (χ3n) is 5.73. The summed E-state index contributed by atoms with van der Waals surface area (Å²) >= 11 is 0. The zero-order chi connectivity index (χ0) is 20.6. The minimum Gasteiger partial charge on any atom is -0.455 e. The first kappa shape index (κ1) is 21.8. The van der Waals surface area contributed by atoms with Crippen molar-refractivity contribution in [2.24, 2.45) is 23.7 Å². The number of allylic oxidation sites excluding steroid dienone is 2. The third kappa shape index (κ3) is 4.02. The van der Waals surface area contributed by atoms with E-state index in [-0.39, 0.29) is 17.8 Å². The number of aliphatic hydroxyl groups is 1. The van der Waals surface area contributed by atoms with Crippen LogP contribution in [0.3, 0.4) is 0 Å². The van der Waals surface area contributed by atoms with Crippen molar-refractivity contribution in [3.8, 4) is 0 Å². The van der Waals surface area contributed by atoms with E-state index in [1.54, 1.807) is 6.08 Å². The molecule has 3 nitrogen and oxygen atoms in total. The van der Waals surface area contributed by atoms with E-state index in [1.165, 1.54) is 0 Å². The fourth-order valence-electron chi connectivity index (χ4n) is 4.31. The molecule has 0 amide bonds. The molecule has 1 N–H and O–H groups in total. The molecule has 2 aliphatic rings. The van der Waals surface area contributed by atoms with Crippen LogP contribution >= 0.6 is 0 Å². The van der Waals surface area contributed by atoms with Gasteiger partial charge < -0.3 is 9.84 Å². The van der Waals surface area contributed by atoms with Gasteiger partial charge in [0.05, 0.1) is 0 Å². The fraction of sp³-hybridized carbons (Fsp3) is 0.722. The summed E-state index contributed by atoms with van der Waals surface area (Å²) in [5.74, 6) is -2.09. The molecule has 27 heavy (non-hydrogen) atoms. The van der Waals surface area contributed by atoms with Crippen molar-refractivity contribution in [2.45, 2.75) is 56.7 Å². The molecule has 1 saturated carbocycles. The number of hydrogen-bond donors (Lipinski definition) is 1. The fourth-order valence-corrected chi connectivity index (χ4v) is 4.31. The molecular formula is C18H22F6O3. The van der Waals surface area contributed by atoms with Crippen molar-refractivity contribution < 1.29 is 41.0 Å². The zero-order valence-electron chi connectivity index (χ0n) is 14.7. The van der Waals surface area contributed by atoms with Gasteiger partial charge in [-0.2, -0.15) is 26.3 Å². The summed E-state index contributed by atoms with van der Waals surface area (Å²) in [4.78, 5) is 11.5. The molecule has 2 aliphatic carbocycles. The Morgan fingerprint density at radius 3 is 2.30 bits per heavy atom. The Balaban J connectivity index is 2.42. The molecule has 0 aliphatic heterocycles. The molecule has 0 aromatic rings. The Labute approximate surface area is 153 Å². The number of fused-ring (bicyclic) bond motifs is 2. The van der Waals surface area contributed by atoms with E-state index in [0.29, 0.717) is 25.3 Å². The molecule has 1 fully saturated rings. The van der Waals surface area contributed by atoms with Crippen LogP contribution in [0.25, 0.3) is 0 Å². The first-order valence-electron chi connectivity index (χ1n) is 8.72. The topological polar surface area (TPSA) is 46.5 Å². The van der Waals surface area contributed by atoms with Crippen LogP contribution in [-0.2, 0) is 9.53 Å². The third-order valence-corrected chi connectivity index (χ3v) is 5.73. The molecule has 0 heterocycles. The van der Waals surface area contributed by atoms with Gasteiger partial charge in [-0.1, -0.05) is 32.1 Å². The van der Waals surface area contributed by atoms with E-state index in [9.17, 15) is 36.2 Å². The van der Waals surface area contributed by atoms with Crippen LogP contribution in [0.5, 0.6) is 0 Å². The molecule has 2 rings (SSSR count). The van der Waals surface area contributed by atoms with Crippen molar-refractivity contribution in [3.05, 3.63) is 24.8 Å². The molecular weight excluding hydrogens is 378 g/mol. The number of halogens is 6. The summed E-state index contributed by atoms with van der Waals surface area (Å²) < 4.78 is 84.4. The molecule has 0 radical (unpaired) electrons. The minimum atomic E-state index is -6.07. The second-order valence-electron chi connectivity index (χ2n) is 7.24. The summed E-state index contributed by atoms with van der Waals surface area (Å²) in [5.41, 5.74) is -5.16. The van der Waals surface area contributed by atoms with Gasteiger partial charge in [-0.05, 0) is 42.9 Å². The van der Waals surface area contributed by atoms with Crippen LogP contribution in [0.1, 0.15) is 32.6 Å². The van der Waals surface area contributed by atoms with E-state index in [2.05, 4.69) is 11.3 Å². The van der Waals surface area contributed by atoms with Gasteiger partial charge in [0.25, 0.3) is 5.60 Å². The van der Waals surface area contributed by atoms with E-state index in [4.69, 9.17) is 0 Å². The van der Waals surface area contributed by atoms with Gasteiger partial charge in [-0.3, -0.25) is 0 Å². The quantitative estimate of drug-likeness (QED) is 0.308. The lowest BCUT2D eigenvalue weighted by Gasteiger charge is -2.43. The molecule has 2 bridgehead atoms. The van der Waals surface area contributed by atoms with Gasteiger partial charge >= 0.3 is 18.3 Å². The summed E-state index contributed by atoms with van der Waals surface area (Å²) in [6.07, 6.45) is -9.63. The van der Waals surface area contributed by atoms with Crippen LogP contribution < -0.4 is 0 Å². The number of alkyl halides is 6. The van der Waals surface area contributed by atoms with Crippen molar-refractivity contribution >= 4 is 5.97 Å². The SMILES string of the molecule is C=CC(=O)OC(CC1C2C=CC(C2)CC1CC)C(O)(C(F)(F)F)C(F)(F)F. The van der Waals surface area contributed by atoms with Crippen LogP contribution in [0.2, 0.25) is 0 Å². The van der Waals surface area contributed by atoms with E-state index in [0.717, 1.165) is 0 Å². The lowest BCUT2D eigenvalue weighted by atomic mass is 9.67. The Hall–Kier alpha value is -1.51. The number of carbonyl (C=O) groups is 1. The molecule has 0 spiro atoms. The number of rotatable bonds is 6. The van der Waals surface area contributed by atoms with Crippen LogP contribution in [0, 0.1) is 23.7 Å². The van der Waals surface area contributed by atoms with Gasteiger partial charge in [0, 0.05) is 6.08 Å². The van der Waals surface area contributed by atoms with Crippen molar-refractivity contribution in [2.75, 3.05) is 0 Å². The Kier molecular flexibility index (Phi) is 6.04. The average molecular weight is 400 g/mol. The van der Waals surface area contributed by atoms with Gasteiger partial charge in [0.1, 0.15) is 6.10 Å². The highest BCUT2D eigenvalue weighted by Crippen LogP contribution is 2.52. The minimum absolute atomic E-state index is 0.126. The number of hydrogen-bond acceptors (Lipinski definition) is 3. The predicted molar refractivity (Wildman–Crippen MR) is 84.4 cm³/mol. The van der Waals surface area contributed by atoms with E-state index < -0.39 is 42.4 Å². The lowest BCUT2D eigenvalue weighted by molar-refractivity contribution is -0.392. The number of carbonyl (C=O) groups excluding carboxylic acids is 1. The van der Waals surface area contributed by atoms with Crippen LogP contribution in [0.15, 0.2) is 24.8 Å². The van der Waals surface area contributed by atoms with Crippen LogP contribution in [0.4, 0.5) is 26.3 Å². The Bertz CT molecular complexity index is 581. The van der Waals surface area contributed by atoms with Gasteiger partial charge in [-0.15, -0.1) is 0 Å². The van der Waals surface area contributed by atoms with Crippen molar-refractivity contribution in [1.82, 2.24) is 0 Å². The van der Waals surface area contributed by atoms with Gasteiger partial charge in [-0.25, -0.2) is 4.79 Å². The average Bonchev–Trinajstić information content (AvgIpc) is 2.95. The van der Waals surface area contributed by atoms with E-state index in [1.807, 2.05) is 13.0 Å². The monoisotopic (exact) mass is 400 g/mol. The molecule has 154 valence electrons. The Morgan fingerprint density at radius 1 is 1.22 bits per heavy atom. The summed E-state index contributed by atoms with van der Waals surface area (Å²) in [6, 6.07) is 0. The molecule has 0 saturated heterocycles. The molecule has 5 atom stereocenters. The predicted octanol–water partition coefficient (Wildman–Crippen LogP) is 4.57. The smallest absolute Gasteiger partial charge is 0.430 e. The highest BCUT2D eigenvalue weighted by molar-refractivity contribution is 5.81. The van der Waals surface area contributed by atoms with Crippen molar-refractivity contribution in [3.63, 3.8) is 0 Å². The van der Waals surface area contributed by atoms with Gasteiger partial charge in [0.2, 0.25) is 0 Å². The summed E-state index contributed by atoms with van der Waals surface area (Å²) in [7, 11) is 0. The second-order valence-corrected chi connectivity index (χ2v) is 7.24. The summed E-state index contributed by atoms with van der Waals surface area (Å²) in [6.45, 7) is 4.82. The summed E-state index contributed by atoms with van der Waals surface area (Å²) in [5, 5.41) is 9.77. The first-order valence-corrected chi connectivity index (χ1v) is 8.72. The molecule has 0 aromatic heterocycles. The van der Waals surface area contributed by atoms with Crippen LogP contribution in [-0.4, -0.2) is 35.1 Å². The zero-order valence-corrected chi connectivity index (χ0v) is 14.7. The highest BCUT2D eigenvalue weighted by Gasteiger charge is 2.75. The lowest BCUT2D eigenvalue weighted by Crippen LogP contribution is -2.65. The van der Waals surface area contributed by atoms with Crippen molar-refractivity contribution in [1.29, 1.82) is 0 Å². The highest BCUT2D eigenvalue weighted by atomic mass is 19.4. The van der Waals surface area contributed by atoms with Gasteiger partial charge in [0.15, 0.2) is 0 Å². The molecule has 9 heteroatoms. The molecule has 5 unspecified atom stereocenters. The second kappa shape index (κ2) is 7.48. The number of esters is 1. The normalized spacial score (nSPS) is 29.5. The maximum Gasteiger partial charge on any atom is 0.430 e. The largest absolute Gasteiger partial charge is 0.455 e. The van der Waals surface area contributed by atoms with E-state index >= 15 is 0 Å². The standard InChI is InChI=1S/C18H22F6O3/c1-3-11-7-10-5-6-12(8-10)13(11)9-14(27-15(25)4-2)16(26,17(19,20)21)18(22,23)24/h4-6,10-14,26H,2-3,7-9H2,1H3. The Morgan fingerprint density at radius 2 is 1.81 bits per heavy atom.